The predicted molar refractivity (Wildman–Crippen MR) is 67.5 cm³/mol. The van der Waals surface area contributed by atoms with Crippen molar-refractivity contribution in [3.8, 4) is 0 Å². The molecule has 8 heteroatoms. The van der Waals surface area contributed by atoms with E-state index >= 15 is 0 Å². The number of rotatable bonds is 5. The van der Waals surface area contributed by atoms with Gasteiger partial charge in [0.2, 0.25) is 0 Å². The summed E-state index contributed by atoms with van der Waals surface area (Å²) in [5, 5.41) is 19.8. The number of aliphatic carboxylic acids is 1. The fourth-order valence-corrected chi connectivity index (χ4v) is 1.72. The zero-order valence-corrected chi connectivity index (χ0v) is 11.4. The third kappa shape index (κ3) is 3.94. The fraction of sp³-hybridized carbons (Fsp3) is 0.300. The Labute approximate surface area is 116 Å². The summed E-state index contributed by atoms with van der Waals surface area (Å²) in [6.45, 7) is -0.346. The monoisotopic (exact) mass is 336 g/mol. The van der Waals surface area contributed by atoms with E-state index in [0.29, 0.717) is 4.47 Å². The van der Waals surface area contributed by atoms with Crippen molar-refractivity contribution < 1.29 is 19.8 Å². The Morgan fingerprint density at radius 1 is 1.56 bits per heavy atom. The van der Waals surface area contributed by atoms with Crippen molar-refractivity contribution in [1.29, 1.82) is 0 Å². The van der Waals surface area contributed by atoms with Crippen LogP contribution in [0.3, 0.4) is 0 Å². The molecule has 0 saturated heterocycles. The second-order valence-corrected chi connectivity index (χ2v) is 4.64. The van der Waals surface area contributed by atoms with Crippen LogP contribution in [0.4, 0.5) is 0 Å². The number of amides is 1. The lowest BCUT2D eigenvalue weighted by Crippen LogP contribution is -2.41. The number of nitrogens with one attached hydrogen (secondary N) is 1. The molecule has 0 aromatic carbocycles. The Morgan fingerprint density at radius 2 is 2.22 bits per heavy atom. The van der Waals surface area contributed by atoms with Crippen LogP contribution in [0.15, 0.2) is 16.7 Å². The topological polar surface area (TPSA) is 99.5 Å². The van der Waals surface area contributed by atoms with E-state index < -0.39 is 17.9 Å². The van der Waals surface area contributed by atoms with Crippen molar-refractivity contribution in [3.05, 3.63) is 27.5 Å². The Morgan fingerprint density at radius 3 is 2.78 bits per heavy atom. The van der Waals surface area contributed by atoms with Gasteiger partial charge in [0.1, 0.15) is 11.2 Å². The van der Waals surface area contributed by atoms with E-state index in [4.69, 9.17) is 21.8 Å². The zero-order chi connectivity index (χ0) is 13.7. The number of aliphatic hydroxyl groups is 1. The molecule has 0 fully saturated rings. The minimum atomic E-state index is -1.23. The number of carboxylic acids is 1. The molecule has 1 aromatic rings. The molecule has 0 aliphatic rings. The van der Waals surface area contributed by atoms with Crippen LogP contribution in [-0.4, -0.2) is 39.7 Å². The normalized spacial score (nSPS) is 11.9. The molecule has 0 saturated carbocycles. The number of aromatic nitrogens is 1. The summed E-state index contributed by atoms with van der Waals surface area (Å²) in [6.07, 6.45) is 1.33. The molecule has 1 amide bonds. The van der Waals surface area contributed by atoms with Gasteiger partial charge >= 0.3 is 5.97 Å². The molecule has 3 N–H and O–H groups in total. The average molecular weight is 338 g/mol. The minimum absolute atomic E-state index is 0.0242. The number of carboxylic acid groups (broad SMARTS) is 1. The number of aliphatic hydroxyl groups excluding tert-OH is 1. The average Bonchev–Trinajstić information content (AvgIpc) is 2.31. The van der Waals surface area contributed by atoms with E-state index in [1.165, 1.54) is 12.3 Å². The molecule has 98 valence electrons. The predicted octanol–water partition coefficient (Wildman–Crippen LogP) is 1.06. The van der Waals surface area contributed by atoms with Crippen LogP contribution in [-0.2, 0) is 4.79 Å². The first-order valence-corrected chi connectivity index (χ1v) is 6.08. The van der Waals surface area contributed by atoms with Gasteiger partial charge in [-0.2, -0.15) is 0 Å². The van der Waals surface area contributed by atoms with Gasteiger partial charge in [-0.25, -0.2) is 9.78 Å². The number of halogens is 2. The smallest absolute Gasteiger partial charge is 0.326 e. The summed E-state index contributed by atoms with van der Waals surface area (Å²) in [5.74, 6) is -1.88. The highest BCUT2D eigenvalue weighted by Gasteiger charge is 2.21. The van der Waals surface area contributed by atoms with Crippen molar-refractivity contribution in [2.75, 3.05) is 6.61 Å². The van der Waals surface area contributed by atoms with Crippen molar-refractivity contribution >= 4 is 39.4 Å². The molecule has 1 heterocycles. The molecule has 18 heavy (non-hydrogen) atoms. The second-order valence-electron chi connectivity index (χ2n) is 3.37. The molecule has 0 spiro atoms. The molecule has 1 unspecified atom stereocenters. The van der Waals surface area contributed by atoms with E-state index in [1.54, 1.807) is 0 Å². The van der Waals surface area contributed by atoms with E-state index in [-0.39, 0.29) is 23.7 Å². The van der Waals surface area contributed by atoms with Crippen LogP contribution in [0.2, 0.25) is 5.15 Å². The zero-order valence-electron chi connectivity index (χ0n) is 9.06. The quantitative estimate of drug-likeness (QED) is 0.698. The molecule has 0 aliphatic carbocycles. The van der Waals surface area contributed by atoms with Crippen LogP contribution in [0.1, 0.15) is 16.8 Å². The number of hydrogen-bond donors (Lipinski definition) is 3. The van der Waals surface area contributed by atoms with E-state index in [0.717, 1.165) is 0 Å². The van der Waals surface area contributed by atoms with Gasteiger partial charge in [-0.15, -0.1) is 0 Å². The first-order chi connectivity index (χ1) is 8.45. The molecular formula is C10H10BrClN2O4. The molecule has 1 aromatic heterocycles. The maximum Gasteiger partial charge on any atom is 0.326 e. The Balaban J connectivity index is 2.86. The highest BCUT2D eigenvalue weighted by Crippen LogP contribution is 2.18. The van der Waals surface area contributed by atoms with Crippen molar-refractivity contribution in [1.82, 2.24) is 10.3 Å². The van der Waals surface area contributed by atoms with Crippen LogP contribution in [0, 0.1) is 0 Å². The van der Waals surface area contributed by atoms with Crippen LogP contribution < -0.4 is 5.32 Å². The van der Waals surface area contributed by atoms with Crippen molar-refractivity contribution in [2.45, 2.75) is 12.5 Å². The maximum atomic E-state index is 11.8. The van der Waals surface area contributed by atoms with Gasteiger partial charge in [-0.3, -0.25) is 4.79 Å². The number of carbonyl (C=O) groups is 2. The maximum absolute atomic E-state index is 11.8. The highest BCUT2D eigenvalue weighted by atomic mass is 79.9. The first-order valence-electron chi connectivity index (χ1n) is 4.91. The van der Waals surface area contributed by atoms with Gasteiger partial charge < -0.3 is 15.5 Å². The molecule has 0 aliphatic heterocycles. The molecule has 6 nitrogen and oxygen atoms in total. The summed E-state index contributed by atoms with van der Waals surface area (Å²) < 4.78 is 0.547. The number of pyridine rings is 1. The Kier molecular flexibility index (Phi) is 5.52. The Hall–Kier alpha value is -1.18. The summed E-state index contributed by atoms with van der Waals surface area (Å²) in [7, 11) is 0. The van der Waals surface area contributed by atoms with E-state index in [2.05, 4.69) is 26.2 Å². The molecule has 0 radical (unpaired) electrons. The summed E-state index contributed by atoms with van der Waals surface area (Å²) in [5.41, 5.74) is 0.0650. The van der Waals surface area contributed by atoms with Gasteiger partial charge in [-0.05, 0) is 22.0 Å². The number of hydrogen-bond acceptors (Lipinski definition) is 4. The van der Waals surface area contributed by atoms with Crippen LogP contribution in [0.25, 0.3) is 0 Å². The van der Waals surface area contributed by atoms with Gasteiger partial charge in [0.05, 0.1) is 5.56 Å². The summed E-state index contributed by atoms with van der Waals surface area (Å²) in [4.78, 5) is 26.4. The third-order valence-electron chi connectivity index (χ3n) is 2.07. The lowest BCUT2D eigenvalue weighted by atomic mass is 10.2. The standard InChI is InChI=1S/C10H10BrClN2O4/c11-5-3-6(8(12)13-4-5)9(16)14-7(1-2-15)10(17)18/h3-4,7,15H,1-2H2,(H,14,16)(H,17,18). The highest BCUT2D eigenvalue weighted by molar-refractivity contribution is 9.10. The lowest BCUT2D eigenvalue weighted by molar-refractivity contribution is -0.139. The van der Waals surface area contributed by atoms with Crippen LogP contribution in [0.5, 0.6) is 0 Å². The number of nitrogens with zero attached hydrogens (tertiary/aromatic N) is 1. The van der Waals surface area contributed by atoms with Gasteiger partial charge in [-0.1, -0.05) is 11.6 Å². The van der Waals surface area contributed by atoms with E-state index in [9.17, 15) is 9.59 Å². The first kappa shape index (κ1) is 14.9. The minimum Gasteiger partial charge on any atom is -0.480 e. The summed E-state index contributed by atoms with van der Waals surface area (Å²) >= 11 is 8.87. The van der Waals surface area contributed by atoms with Gasteiger partial charge in [0.25, 0.3) is 5.91 Å². The molecule has 1 rings (SSSR count). The van der Waals surface area contributed by atoms with Crippen LogP contribution >= 0.6 is 27.5 Å². The third-order valence-corrected chi connectivity index (χ3v) is 2.81. The molecule has 0 bridgehead atoms. The fourth-order valence-electron chi connectivity index (χ4n) is 1.20. The molecular weight excluding hydrogens is 327 g/mol. The molecule has 1 atom stereocenters. The van der Waals surface area contributed by atoms with Gasteiger partial charge in [0.15, 0.2) is 0 Å². The lowest BCUT2D eigenvalue weighted by Gasteiger charge is -2.13. The van der Waals surface area contributed by atoms with Crippen molar-refractivity contribution in [3.63, 3.8) is 0 Å². The van der Waals surface area contributed by atoms with Gasteiger partial charge in [0, 0.05) is 23.7 Å². The second kappa shape index (κ2) is 6.67. The Bertz CT molecular complexity index is 469. The largest absolute Gasteiger partial charge is 0.480 e. The SMILES string of the molecule is O=C(NC(CCO)C(=O)O)c1cc(Br)cnc1Cl. The van der Waals surface area contributed by atoms with E-state index in [1.807, 2.05) is 0 Å². The van der Waals surface area contributed by atoms with Crippen molar-refractivity contribution in [2.24, 2.45) is 0 Å². The summed E-state index contributed by atoms with van der Waals surface area (Å²) in [6, 6.07) is 0.264. The number of carbonyl (C=O) groups excluding carboxylic acids is 1.